The molecule has 16 rings (SSSR count). The Morgan fingerprint density at radius 2 is 0.762 bits per heavy atom. The van der Waals surface area contributed by atoms with E-state index in [-0.39, 0.29) is 27.2 Å². The van der Waals surface area contributed by atoms with Gasteiger partial charge < -0.3 is 14.6 Å². The molecule has 524 valence electrons. The summed E-state index contributed by atoms with van der Waals surface area (Å²) in [6.45, 7) is 5.19. The Bertz CT molecular complexity index is 5250. The quantitative estimate of drug-likeness (QED) is 0.0882. The van der Waals surface area contributed by atoms with E-state index in [0.717, 1.165) is 163 Å². The number of hydrogen-bond acceptors (Lipinski definition) is 16. The predicted molar refractivity (Wildman–Crippen MR) is 387 cm³/mol. The molecule has 22 nitrogen and oxygen atoms in total. The first-order valence-electron chi connectivity index (χ1n) is 34.7. The number of pyridine rings is 3. The van der Waals surface area contributed by atoms with Crippen LogP contribution in [0.4, 0.5) is 0 Å². The number of morpholine rings is 1. The third kappa shape index (κ3) is 14.4. The Morgan fingerprint density at radius 1 is 0.436 bits per heavy atom. The Morgan fingerprint density at radius 3 is 1.07 bits per heavy atom. The molecule has 0 atom stereocenters. The molecule has 4 aliphatic rings. The van der Waals surface area contributed by atoms with Crippen molar-refractivity contribution in [3.63, 3.8) is 0 Å². The number of fused-ring (bicyclic) bond motifs is 3. The molecular formula is C76H83N13O9S3. The number of benzene rings is 3. The lowest BCUT2D eigenvalue weighted by Crippen LogP contribution is -2.40. The van der Waals surface area contributed by atoms with Crippen LogP contribution in [0.3, 0.4) is 0 Å². The topological polar surface area (TPSA) is 259 Å². The number of aliphatic hydroxyl groups excluding tert-OH is 1. The average Bonchev–Trinajstić information content (AvgIpc) is 1.62. The molecule has 9 aromatic heterocycles. The molecule has 0 spiro atoms. The van der Waals surface area contributed by atoms with Gasteiger partial charge in [0.1, 0.15) is 6.29 Å². The van der Waals surface area contributed by atoms with Crippen LogP contribution >= 0.6 is 0 Å². The molecule has 3 aliphatic carbocycles. The third-order valence-corrected chi connectivity index (χ3v) is 25.8. The summed E-state index contributed by atoms with van der Waals surface area (Å²) in [5.41, 5.74) is 9.64. The van der Waals surface area contributed by atoms with Crippen molar-refractivity contribution >= 4 is 69.5 Å². The van der Waals surface area contributed by atoms with Crippen LogP contribution in [0.1, 0.15) is 111 Å². The van der Waals surface area contributed by atoms with Crippen molar-refractivity contribution in [2.75, 3.05) is 39.5 Å². The van der Waals surface area contributed by atoms with Gasteiger partial charge in [0.05, 0.1) is 46.5 Å². The number of carbonyl (C=O) groups is 1. The van der Waals surface area contributed by atoms with Crippen LogP contribution in [0.25, 0.3) is 66.5 Å². The number of rotatable bonds is 16. The minimum absolute atomic E-state index is 0.144. The number of carbonyl (C=O) groups excluding carboxylic acids is 1. The SMILES string of the molecule is Cn1cc(-c2cn(S(=O)(=O)c3ccccc3)c3ncc(C4CCC(C=O)CC4)cc23)cn1.Cn1cc(-c2cn(S(=O)(=O)c3ccccc3)c3ncc(C4CCC(CN5CCOCC5)CC4)cc23)cn1.Cn1cc(-c2cn(S(=O)(=O)c3ccccc3)c3ncc(C4CCC(CO)CC4)cc23)cn1. The summed E-state index contributed by atoms with van der Waals surface area (Å²) in [5.74, 6) is 2.38. The molecule has 101 heavy (non-hydrogen) atoms. The fourth-order valence-corrected chi connectivity index (χ4v) is 19.1. The molecule has 3 saturated carbocycles. The van der Waals surface area contributed by atoms with Gasteiger partial charge in [-0.2, -0.15) is 15.3 Å². The summed E-state index contributed by atoms with van der Waals surface area (Å²) in [6, 6.07) is 31.6. The Hall–Kier alpha value is -9.24. The van der Waals surface area contributed by atoms with Crippen LogP contribution in [0.5, 0.6) is 0 Å². The maximum absolute atomic E-state index is 13.6. The molecule has 1 aliphatic heterocycles. The van der Waals surface area contributed by atoms with Crippen molar-refractivity contribution in [3.8, 4) is 33.4 Å². The molecular weight excluding hydrogens is 1340 g/mol. The monoisotopic (exact) mass is 1420 g/mol. The second-order valence-electron chi connectivity index (χ2n) is 27.4. The molecule has 0 radical (unpaired) electrons. The van der Waals surface area contributed by atoms with Crippen molar-refractivity contribution in [1.29, 1.82) is 0 Å². The molecule has 3 aromatic carbocycles. The molecule has 12 aromatic rings. The molecule has 1 saturated heterocycles. The highest BCUT2D eigenvalue weighted by Gasteiger charge is 2.32. The van der Waals surface area contributed by atoms with Gasteiger partial charge in [-0.15, -0.1) is 0 Å². The molecule has 25 heteroatoms. The molecule has 4 fully saturated rings. The molecule has 1 N–H and O–H groups in total. The Kier molecular flexibility index (Phi) is 20.0. The largest absolute Gasteiger partial charge is 0.396 e. The van der Waals surface area contributed by atoms with Crippen LogP contribution in [-0.2, 0) is 60.7 Å². The van der Waals surface area contributed by atoms with Gasteiger partial charge in [-0.25, -0.2) is 52.1 Å². The molecule has 0 unspecified atom stereocenters. The Balaban J connectivity index is 0.000000129. The summed E-state index contributed by atoms with van der Waals surface area (Å²) in [6.07, 6.45) is 34.8. The maximum Gasteiger partial charge on any atom is 0.269 e. The standard InChI is InChI=1S/C28H33N5O3S.C24H26N4O3S.C24H24N4O3S/c1-31-19-24(17-30-31)27-20-33(37(34,35)25-5-3-2-4-6-25)28-26(27)15-23(16-29-28)22-9-7-21(8-10-22)18-32-11-13-36-14-12-32;2*1-27-14-20(13-26-27)23-15-28(32(30,31)21-5-3-2-4-6-21)24-22(23)11-19(12-25-24)18-9-7-17(16-29)8-10-18/h2-6,15-17,19-22H,7-14,18H2,1H3;2-6,11-15,17-18,29H,7-10,16H2,1H3;2-6,11-18H,7-10H2,1H3. The van der Waals surface area contributed by atoms with Gasteiger partial charge in [0.15, 0.2) is 16.9 Å². The normalized spacial score (nSPS) is 20.1. The van der Waals surface area contributed by atoms with Crippen molar-refractivity contribution in [3.05, 3.63) is 200 Å². The van der Waals surface area contributed by atoms with Crippen LogP contribution in [-0.4, -0.2) is 137 Å². The van der Waals surface area contributed by atoms with Crippen molar-refractivity contribution in [2.24, 2.45) is 38.9 Å². The van der Waals surface area contributed by atoms with Gasteiger partial charge in [0, 0.05) is 159 Å². The molecule has 0 amide bonds. The van der Waals surface area contributed by atoms with E-state index in [1.54, 1.807) is 142 Å². The van der Waals surface area contributed by atoms with Crippen molar-refractivity contribution in [2.45, 2.75) is 109 Å². The first-order valence-corrected chi connectivity index (χ1v) is 39.0. The summed E-state index contributed by atoms with van der Waals surface area (Å²) in [7, 11) is -5.86. The lowest BCUT2D eigenvalue weighted by Gasteiger charge is -2.34. The summed E-state index contributed by atoms with van der Waals surface area (Å²) >= 11 is 0. The van der Waals surface area contributed by atoms with E-state index in [0.29, 0.717) is 40.6 Å². The summed E-state index contributed by atoms with van der Waals surface area (Å²) in [4.78, 5) is 28.4. The molecule has 10 heterocycles. The Labute approximate surface area is 588 Å². The number of nitrogens with zero attached hydrogens (tertiary/aromatic N) is 13. The van der Waals surface area contributed by atoms with Gasteiger partial charge >= 0.3 is 0 Å². The van der Waals surface area contributed by atoms with Crippen LogP contribution < -0.4 is 0 Å². The van der Waals surface area contributed by atoms with Crippen molar-refractivity contribution in [1.82, 2.24) is 61.1 Å². The zero-order valence-electron chi connectivity index (χ0n) is 56.8. The van der Waals surface area contributed by atoms with E-state index < -0.39 is 30.1 Å². The van der Waals surface area contributed by atoms with Crippen LogP contribution in [0.2, 0.25) is 0 Å². The highest BCUT2D eigenvalue weighted by atomic mass is 32.2. The highest BCUT2D eigenvalue weighted by molar-refractivity contribution is 7.90. The van der Waals surface area contributed by atoms with Gasteiger partial charge in [-0.1, -0.05) is 54.6 Å². The van der Waals surface area contributed by atoms with E-state index in [1.807, 2.05) is 58.2 Å². The lowest BCUT2D eigenvalue weighted by atomic mass is 9.78. The maximum atomic E-state index is 13.6. The number of ether oxygens (including phenoxy) is 1. The fourth-order valence-electron chi connectivity index (χ4n) is 15.1. The first kappa shape index (κ1) is 68.9. The van der Waals surface area contributed by atoms with Gasteiger partial charge in [-0.3, -0.25) is 18.9 Å². The van der Waals surface area contributed by atoms with Gasteiger partial charge in [-0.05, 0) is 178 Å². The van der Waals surface area contributed by atoms with Gasteiger partial charge in [0.25, 0.3) is 30.1 Å². The zero-order chi connectivity index (χ0) is 70.0. The first-order chi connectivity index (χ1) is 48.9. The second kappa shape index (κ2) is 29.4. The van der Waals surface area contributed by atoms with E-state index in [9.17, 15) is 35.2 Å². The second-order valence-corrected chi connectivity index (χ2v) is 32.8. The number of aromatic nitrogens is 12. The van der Waals surface area contributed by atoms with Crippen LogP contribution in [0.15, 0.2) is 198 Å². The van der Waals surface area contributed by atoms with E-state index >= 15 is 0 Å². The smallest absolute Gasteiger partial charge is 0.269 e. The van der Waals surface area contributed by atoms with E-state index in [4.69, 9.17) is 9.72 Å². The number of aldehydes is 1. The van der Waals surface area contributed by atoms with Crippen molar-refractivity contribution < 1.29 is 39.9 Å². The highest BCUT2D eigenvalue weighted by Crippen LogP contribution is 2.43. The number of aryl methyl sites for hydroxylation is 3. The van der Waals surface area contributed by atoms with E-state index in [2.05, 4.69) is 48.4 Å². The summed E-state index contributed by atoms with van der Waals surface area (Å²) < 4.78 is 95.4. The summed E-state index contributed by atoms with van der Waals surface area (Å²) in [5, 5.41) is 24.7. The zero-order valence-corrected chi connectivity index (χ0v) is 59.3. The minimum Gasteiger partial charge on any atom is -0.396 e. The number of aliphatic hydroxyl groups is 1. The lowest BCUT2D eigenvalue weighted by molar-refractivity contribution is -0.111. The number of hydrogen-bond donors (Lipinski definition) is 1. The fraction of sp³-hybridized carbons (Fsp3) is 0.355. The molecule has 0 bridgehead atoms. The minimum atomic E-state index is -3.81. The average molecular weight is 1420 g/mol. The third-order valence-electron chi connectivity index (χ3n) is 20.8. The van der Waals surface area contributed by atoms with Crippen LogP contribution in [0, 0.1) is 17.8 Å². The van der Waals surface area contributed by atoms with E-state index in [1.165, 1.54) is 36.9 Å². The van der Waals surface area contributed by atoms with Gasteiger partial charge in [0.2, 0.25) is 0 Å². The predicted octanol–water partition coefficient (Wildman–Crippen LogP) is 12.4.